The summed E-state index contributed by atoms with van der Waals surface area (Å²) >= 11 is 0. The molecule has 1 aliphatic rings. The van der Waals surface area contributed by atoms with E-state index in [0.29, 0.717) is 0 Å². The van der Waals surface area contributed by atoms with Gasteiger partial charge in [0.1, 0.15) is 0 Å². The van der Waals surface area contributed by atoms with Crippen LogP contribution in [-0.2, 0) is 5.54 Å². The van der Waals surface area contributed by atoms with E-state index >= 15 is 0 Å². The second-order valence-corrected chi connectivity index (χ2v) is 3.30. The normalized spacial score (nSPS) is 18.6. The molecule has 0 unspecified atom stereocenters. The minimum absolute atomic E-state index is 0.205. The Bertz CT molecular complexity index is 263. The highest BCUT2D eigenvalue weighted by Gasteiger charge is 2.31. The van der Waals surface area contributed by atoms with Gasteiger partial charge in [0.15, 0.2) is 0 Å². The van der Waals surface area contributed by atoms with Gasteiger partial charge in [-0.15, -0.1) is 0 Å². The first-order chi connectivity index (χ1) is 4.70. The molecule has 1 heterocycles. The summed E-state index contributed by atoms with van der Waals surface area (Å²) in [6.45, 7) is 4.38. The number of hydrogen-bond acceptors (Lipinski definition) is 1. The summed E-state index contributed by atoms with van der Waals surface area (Å²) in [7, 11) is 0. The van der Waals surface area contributed by atoms with Crippen LogP contribution < -0.4 is 5.32 Å². The van der Waals surface area contributed by atoms with Crippen molar-refractivity contribution in [2.24, 2.45) is 0 Å². The van der Waals surface area contributed by atoms with Crippen LogP contribution in [0.4, 0.5) is 5.69 Å². The molecule has 1 aliphatic heterocycles. The summed E-state index contributed by atoms with van der Waals surface area (Å²) in [5.41, 5.74) is 2.92. The van der Waals surface area contributed by atoms with E-state index in [9.17, 15) is 0 Å². The molecule has 1 aromatic carbocycles. The first-order valence-corrected chi connectivity index (χ1v) is 3.58. The summed E-state index contributed by atoms with van der Waals surface area (Å²) < 4.78 is 0. The van der Waals surface area contributed by atoms with Gasteiger partial charge in [0.25, 0.3) is 0 Å². The molecule has 2 rings (SSSR count). The van der Waals surface area contributed by atoms with Crippen LogP contribution in [0.25, 0.3) is 0 Å². The molecule has 1 aromatic rings. The van der Waals surface area contributed by atoms with Crippen LogP contribution in [0.2, 0.25) is 0 Å². The summed E-state index contributed by atoms with van der Waals surface area (Å²) in [5.74, 6) is 0. The van der Waals surface area contributed by atoms with Gasteiger partial charge in [0.05, 0.1) is 5.54 Å². The van der Waals surface area contributed by atoms with Gasteiger partial charge in [0, 0.05) is 5.69 Å². The van der Waals surface area contributed by atoms with Crippen LogP contribution in [0.3, 0.4) is 0 Å². The third-order valence-corrected chi connectivity index (χ3v) is 2.05. The van der Waals surface area contributed by atoms with E-state index in [1.165, 1.54) is 11.3 Å². The molecule has 1 N–H and O–H groups in total. The maximum atomic E-state index is 3.36. The first kappa shape index (κ1) is 5.78. The van der Waals surface area contributed by atoms with E-state index in [1.54, 1.807) is 0 Å². The van der Waals surface area contributed by atoms with Crippen molar-refractivity contribution in [1.82, 2.24) is 0 Å². The molecule has 0 aliphatic carbocycles. The number of fused-ring (bicyclic) bond motifs is 1. The van der Waals surface area contributed by atoms with Gasteiger partial charge in [-0.3, -0.25) is 0 Å². The van der Waals surface area contributed by atoms with Crippen LogP contribution in [0.1, 0.15) is 19.4 Å². The van der Waals surface area contributed by atoms with Crippen molar-refractivity contribution in [1.29, 1.82) is 0 Å². The molecule has 0 fully saturated rings. The zero-order valence-corrected chi connectivity index (χ0v) is 6.31. The van der Waals surface area contributed by atoms with Crippen LogP contribution in [0.15, 0.2) is 24.3 Å². The lowest BCUT2D eigenvalue weighted by Gasteiger charge is -2.40. The maximum absolute atomic E-state index is 3.36. The van der Waals surface area contributed by atoms with Gasteiger partial charge >= 0.3 is 0 Å². The van der Waals surface area contributed by atoms with E-state index in [-0.39, 0.29) is 5.54 Å². The van der Waals surface area contributed by atoms with Crippen LogP contribution >= 0.6 is 0 Å². The van der Waals surface area contributed by atoms with E-state index in [4.69, 9.17) is 0 Å². The fourth-order valence-corrected chi connectivity index (χ4v) is 1.48. The van der Waals surface area contributed by atoms with E-state index in [1.807, 2.05) is 0 Å². The fourth-order valence-electron chi connectivity index (χ4n) is 1.48. The zero-order chi connectivity index (χ0) is 7.19. The number of para-hydroxylation sites is 1. The van der Waals surface area contributed by atoms with Gasteiger partial charge in [0.2, 0.25) is 0 Å². The Morgan fingerprint density at radius 3 is 2.40 bits per heavy atom. The third-order valence-electron chi connectivity index (χ3n) is 2.05. The molecule has 0 radical (unpaired) electrons. The Kier molecular flexibility index (Phi) is 0.890. The van der Waals surface area contributed by atoms with Crippen molar-refractivity contribution in [3.8, 4) is 0 Å². The molecule has 0 spiro atoms. The SMILES string of the molecule is CC1(C)Nc2ccccc21. The molecule has 0 bridgehead atoms. The molecule has 52 valence electrons. The van der Waals surface area contributed by atoms with E-state index < -0.39 is 0 Å². The molecule has 10 heavy (non-hydrogen) atoms. The van der Waals surface area contributed by atoms with E-state index in [0.717, 1.165) is 0 Å². The predicted octanol–water partition coefficient (Wildman–Crippen LogP) is 2.35. The Hall–Kier alpha value is -0.980. The summed E-state index contributed by atoms with van der Waals surface area (Å²) in [5, 5.41) is 3.36. The Morgan fingerprint density at radius 2 is 1.90 bits per heavy atom. The largest absolute Gasteiger partial charge is 0.376 e. The molecule has 0 amide bonds. The van der Waals surface area contributed by atoms with Crippen LogP contribution in [-0.4, -0.2) is 0 Å². The third kappa shape index (κ3) is 0.576. The summed E-state index contributed by atoms with van der Waals surface area (Å²) in [4.78, 5) is 0. The second-order valence-electron chi connectivity index (χ2n) is 3.30. The molecule has 0 saturated carbocycles. The fraction of sp³-hybridized carbons (Fsp3) is 0.333. The van der Waals surface area contributed by atoms with Crippen molar-refractivity contribution < 1.29 is 0 Å². The smallest absolute Gasteiger partial charge is 0.0589 e. The van der Waals surface area contributed by atoms with Crippen molar-refractivity contribution >= 4 is 5.69 Å². The topological polar surface area (TPSA) is 12.0 Å². The lowest BCUT2D eigenvalue weighted by atomic mass is 9.85. The van der Waals surface area contributed by atoms with Crippen LogP contribution in [0.5, 0.6) is 0 Å². The number of anilines is 1. The van der Waals surface area contributed by atoms with Gasteiger partial charge in [-0.1, -0.05) is 18.2 Å². The zero-order valence-electron chi connectivity index (χ0n) is 6.31. The molecule has 0 atom stereocenters. The molecule has 1 heteroatoms. The number of nitrogens with one attached hydrogen (secondary N) is 1. The first-order valence-electron chi connectivity index (χ1n) is 3.58. The lowest BCUT2D eigenvalue weighted by Crippen LogP contribution is -2.37. The predicted molar refractivity (Wildman–Crippen MR) is 43.1 cm³/mol. The highest BCUT2D eigenvalue weighted by atomic mass is 15.0. The summed E-state index contributed by atoms with van der Waals surface area (Å²) in [6, 6.07) is 8.43. The van der Waals surface area contributed by atoms with Crippen molar-refractivity contribution in [3.63, 3.8) is 0 Å². The van der Waals surface area contributed by atoms with Crippen molar-refractivity contribution in [3.05, 3.63) is 29.8 Å². The minimum atomic E-state index is 0.205. The molecule has 0 aromatic heterocycles. The van der Waals surface area contributed by atoms with Gasteiger partial charge in [-0.2, -0.15) is 0 Å². The minimum Gasteiger partial charge on any atom is -0.376 e. The highest BCUT2D eigenvalue weighted by molar-refractivity contribution is 5.65. The van der Waals surface area contributed by atoms with Crippen molar-refractivity contribution in [2.45, 2.75) is 19.4 Å². The monoisotopic (exact) mass is 133 g/mol. The quantitative estimate of drug-likeness (QED) is 0.572. The standard InChI is InChI=1S/C9H11N/c1-9(2)7-5-3-4-6-8(7)10-9/h3-6,10H,1-2H3. The Labute approximate surface area is 61.1 Å². The number of rotatable bonds is 0. The summed E-state index contributed by atoms with van der Waals surface area (Å²) in [6.07, 6.45) is 0. The van der Waals surface area contributed by atoms with Gasteiger partial charge < -0.3 is 5.32 Å². The number of benzene rings is 1. The Balaban J connectivity index is 2.53. The maximum Gasteiger partial charge on any atom is 0.0589 e. The van der Waals surface area contributed by atoms with Gasteiger partial charge in [-0.05, 0) is 25.5 Å². The van der Waals surface area contributed by atoms with E-state index in [2.05, 4.69) is 43.4 Å². The molecule has 1 nitrogen and oxygen atoms in total. The number of hydrogen-bond donors (Lipinski definition) is 1. The average Bonchev–Trinajstić information content (AvgIpc) is 1.86. The molecule has 0 saturated heterocycles. The van der Waals surface area contributed by atoms with Gasteiger partial charge in [-0.25, -0.2) is 0 Å². The highest BCUT2D eigenvalue weighted by Crippen LogP contribution is 2.39. The van der Waals surface area contributed by atoms with Crippen LogP contribution in [0, 0.1) is 0 Å². The Morgan fingerprint density at radius 1 is 1.20 bits per heavy atom. The lowest BCUT2D eigenvalue weighted by molar-refractivity contribution is 0.564. The molecular formula is C9H11N. The molecular weight excluding hydrogens is 122 g/mol. The van der Waals surface area contributed by atoms with Crippen molar-refractivity contribution in [2.75, 3.05) is 5.32 Å². The average molecular weight is 133 g/mol. The second kappa shape index (κ2) is 1.54.